The minimum Gasteiger partial charge on any atom is -0.506 e. The lowest BCUT2D eigenvalue weighted by Crippen LogP contribution is -1.97. The molecule has 2 aromatic carbocycles. The Morgan fingerprint density at radius 3 is 2.76 bits per heavy atom. The molecule has 0 fully saturated rings. The van der Waals surface area contributed by atoms with Crippen LogP contribution in [0.1, 0.15) is 15.9 Å². The third kappa shape index (κ3) is 3.86. The number of phenols is 1. The van der Waals surface area contributed by atoms with Crippen molar-refractivity contribution >= 4 is 11.5 Å². The van der Waals surface area contributed by atoms with Gasteiger partial charge in [0.1, 0.15) is 11.5 Å². The number of ether oxygens (including phenoxy) is 1. The highest BCUT2D eigenvalue weighted by Gasteiger charge is 2.03. The molecule has 108 valence electrons. The van der Waals surface area contributed by atoms with E-state index in [0.29, 0.717) is 17.0 Å². The summed E-state index contributed by atoms with van der Waals surface area (Å²) >= 11 is 0. The molecule has 0 heterocycles. The molecule has 0 aromatic heterocycles. The molecule has 0 unspecified atom stereocenters. The molecule has 0 bridgehead atoms. The van der Waals surface area contributed by atoms with Crippen molar-refractivity contribution in [2.75, 3.05) is 12.4 Å². The average molecular weight is 283 g/mol. The molecule has 0 aliphatic heterocycles. The van der Waals surface area contributed by atoms with Gasteiger partial charge < -0.3 is 15.2 Å². The van der Waals surface area contributed by atoms with Crippen molar-refractivity contribution in [2.24, 2.45) is 0 Å². The fourth-order valence-corrected chi connectivity index (χ4v) is 1.84. The first-order valence-electron chi connectivity index (χ1n) is 6.51. The van der Waals surface area contributed by atoms with E-state index >= 15 is 0 Å². The average Bonchev–Trinajstić information content (AvgIpc) is 2.49. The molecule has 0 saturated heterocycles. The van der Waals surface area contributed by atoms with Crippen LogP contribution in [0.2, 0.25) is 0 Å². The fourth-order valence-electron chi connectivity index (χ4n) is 1.84. The van der Waals surface area contributed by atoms with Gasteiger partial charge >= 0.3 is 0 Å². The summed E-state index contributed by atoms with van der Waals surface area (Å²) in [6, 6.07) is 12.2. The van der Waals surface area contributed by atoms with Crippen LogP contribution in [0, 0.1) is 6.92 Å². The van der Waals surface area contributed by atoms with Gasteiger partial charge in [0.05, 0.1) is 12.8 Å². The summed E-state index contributed by atoms with van der Waals surface area (Å²) in [5, 5.41) is 12.6. The molecule has 0 radical (unpaired) electrons. The Morgan fingerprint density at radius 2 is 2.05 bits per heavy atom. The molecule has 0 atom stereocenters. The van der Waals surface area contributed by atoms with Gasteiger partial charge in [-0.05, 0) is 36.8 Å². The molecule has 0 aliphatic carbocycles. The van der Waals surface area contributed by atoms with Gasteiger partial charge in [0.15, 0.2) is 5.78 Å². The number of methoxy groups -OCH3 is 1. The molecule has 21 heavy (non-hydrogen) atoms. The van der Waals surface area contributed by atoms with E-state index in [1.54, 1.807) is 43.5 Å². The van der Waals surface area contributed by atoms with Crippen LogP contribution in [-0.2, 0) is 0 Å². The lowest BCUT2D eigenvalue weighted by Gasteiger charge is -2.05. The van der Waals surface area contributed by atoms with E-state index in [-0.39, 0.29) is 11.5 Å². The number of phenolic OH excluding ortho intramolecular Hbond substituents is 1. The summed E-state index contributed by atoms with van der Waals surface area (Å²) in [5.74, 6) is 0.639. The molecule has 0 aliphatic rings. The van der Waals surface area contributed by atoms with Gasteiger partial charge in [0.25, 0.3) is 0 Å². The summed E-state index contributed by atoms with van der Waals surface area (Å²) in [4.78, 5) is 12.0. The lowest BCUT2D eigenvalue weighted by atomic mass is 10.1. The first-order valence-corrected chi connectivity index (χ1v) is 6.51. The van der Waals surface area contributed by atoms with E-state index in [0.717, 1.165) is 5.56 Å². The van der Waals surface area contributed by atoms with E-state index in [1.807, 2.05) is 13.0 Å². The zero-order valence-corrected chi connectivity index (χ0v) is 12.0. The van der Waals surface area contributed by atoms with Crippen LogP contribution in [-0.4, -0.2) is 18.0 Å². The van der Waals surface area contributed by atoms with Gasteiger partial charge in [-0.15, -0.1) is 0 Å². The lowest BCUT2D eigenvalue weighted by molar-refractivity contribution is 0.104. The third-order valence-corrected chi connectivity index (χ3v) is 2.98. The first kappa shape index (κ1) is 14.7. The second kappa shape index (κ2) is 6.61. The van der Waals surface area contributed by atoms with Crippen LogP contribution in [0.3, 0.4) is 0 Å². The number of rotatable bonds is 5. The number of nitrogens with one attached hydrogen (secondary N) is 1. The Labute approximate surface area is 123 Å². The highest BCUT2D eigenvalue weighted by Crippen LogP contribution is 2.23. The van der Waals surface area contributed by atoms with Crippen LogP contribution in [0.5, 0.6) is 11.5 Å². The van der Waals surface area contributed by atoms with Crippen molar-refractivity contribution in [1.29, 1.82) is 0 Å². The molecule has 0 saturated carbocycles. The van der Waals surface area contributed by atoms with Crippen LogP contribution in [0.25, 0.3) is 0 Å². The number of allylic oxidation sites excluding steroid dienone is 1. The predicted octanol–water partition coefficient (Wildman–Crippen LogP) is 3.52. The van der Waals surface area contributed by atoms with E-state index in [4.69, 9.17) is 4.74 Å². The number of aromatic hydroxyl groups is 1. The summed E-state index contributed by atoms with van der Waals surface area (Å²) in [6.07, 6.45) is 2.92. The van der Waals surface area contributed by atoms with Crippen LogP contribution >= 0.6 is 0 Å². The van der Waals surface area contributed by atoms with Crippen LogP contribution in [0.4, 0.5) is 5.69 Å². The number of benzene rings is 2. The van der Waals surface area contributed by atoms with Gasteiger partial charge in [-0.2, -0.15) is 0 Å². The molecule has 4 heteroatoms. The molecule has 0 amide bonds. The largest absolute Gasteiger partial charge is 0.506 e. The number of anilines is 1. The number of carbonyl (C=O) groups is 1. The maximum Gasteiger partial charge on any atom is 0.187 e. The van der Waals surface area contributed by atoms with Crippen molar-refractivity contribution in [3.05, 3.63) is 65.9 Å². The molecule has 4 nitrogen and oxygen atoms in total. The zero-order chi connectivity index (χ0) is 15.2. The van der Waals surface area contributed by atoms with Gasteiger partial charge in [-0.25, -0.2) is 0 Å². The van der Waals surface area contributed by atoms with E-state index in [1.165, 1.54) is 12.3 Å². The highest BCUT2D eigenvalue weighted by atomic mass is 16.5. The second-order valence-corrected chi connectivity index (χ2v) is 4.59. The second-order valence-electron chi connectivity index (χ2n) is 4.59. The smallest absolute Gasteiger partial charge is 0.187 e. The Morgan fingerprint density at radius 1 is 1.24 bits per heavy atom. The standard InChI is InChI=1S/C17H17NO3/c1-12-6-7-15(17(20)10-12)18-9-8-16(19)13-4-3-5-14(11-13)21-2/h3-11,18,20H,1-2H3. The first-order chi connectivity index (χ1) is 10.1. The maximum atomic E-state index is 12.0. The molecule has 0 spiro atoms. The van der Waals surface area contributed by atoms with E-state index < -0.39 is 0 Å². The molecule has 2 rings (SSSR count). The molecular formula is C17H17NO3. The Hall–Kier alpha value is -2.75. The van der Waals surface area contributed by atoms with Crippen molar-refractivity contribution in [2.45, 2.75) is 6.92 Å². The Bertz CT molecular complexity index is 677. The molecule has 2 aromatic rings. The third-order valence-electron chi connectivity index (χ3n) is 2.98. The van der Waals surface area contributed by atoms with Gasteiger partial charge in [-0.3, -0.25) is 4.79 Å². The molecule has 2 N–H and O–H groups in total. The predicted molar refractivity (Wildman–Crippen MR) is 82.9 cm³/mol. The van der Waals surface area contributed by atoms with Crippen molar-refractivity contribution in [3.8, 4) is 11.5 Å². The zero-order valence-electron chi connectivity index (χ0n) is 12.0. The normalized spacial score (nSPS) is 10.6. The Balaban J connectivity index is 2.05. The molecular weight excluding hydrogens is 266 g/mol. The topological polar surface area (TPSA) is 58.6 Å². The maximum absolute atomic E-state index is 12.0. The highest BCUT2D eigenvalue weighted by molar-refractivity contribution is 6.04. The van der Waals surface area contributed by atoms with E-state index in [9.17, 15) is 9.90 Å². The number of hydrogen-bond donors (Lipinski definition) is 2. The number of ketones is 1. The minimum atomic E-state index is -0.145. The number of aryl methyl sites for hydroxylation is 1. The summed E-state index contributed by atoms with van der Waals surface area (Å²) in [5.41, 5.74) is 2.06. The van der Waals surface area contributed by atoms with Crippen LogP contribution in [0.15, 0.2) is 54.7 Å². The van der Waals surface area contributed by atoms with Crippen molar-refractivity contribution < 1.29 is 14.6 Å². The number of hydrogen-bond acceptors (Lipinski definition) is 4. The van der Waals surface area contributed by atoms with Crippen molar-refractivity contribution in [1.82, 2.24) is 0 Å². The number of carbonyl (C=O) groups excluding carboxylic acids is 1. The summed E-state index contributed by atoms with van der Waals surface area (Å²) < 4.78 is 5.08. The minimum absolute atomic E-state index is 0.145. The van der Waals surface area contributed by atoms with E-state index in [2.05, 4.69) is 5.32 Å². The van der Waals surface area contributed by atoms with Gasteiger partial charge in [0.2, 0.25) is 0 Å². The van der Waals surface area contributed by atoms with Crippen LogP contribution < -0.4 is 10.1 Å². The Kier molecular flexibility index (Phi) is 4.61. The van der Waals surface area contributed by atoms with Gasteiger partial charge in [0, 0.05) is 17.8 Å². The fraction of sp³-hybridized carbons (Fsp3) is 0.118. The summed E-state index contributed by atoms with van der Waals surface area (Å²) in [7, 11) is 1.56. The monoisotopic (exact) mass is 283 g/mol. The summed E-state index contributed by atoms with van der Waals surface area (Å²) in [6.45, 7) is 1.89. The quantitative estimate of drug-likeness (QED) is 0.501. The van der Waals surface area contributed by atoms with Crippen molar-refractivity contribution in [3.63, 3.8) is 0 Å². The SMILES string of the molecule is COc1cccc(C(=O)C=CNc2ccc(C)cc2O)c1. The van der Waals surface area contributed by atoms with Gasteiger partial charge in [-0.1, -0.05) is 18.2 Å².